The molecule has 1 atom stereocenters. The summed E-state index contributed by atoms with van der Waals surface area (Å²) < 4.78 is 4.67. The lowest BCUT2D eigenvalue weighted by Gasteiger charge is -2.18. The zero-order chi connectivity index (χ0) is 13.4. The first kappa shape index (κ1) is 14.6. The average Bonchev–Trinajstić information content (AvgIpc) is 2.43. The topological polar surface area (TPSA) is 38.3 Å². The molecule has 1 N–H and O–H groups in total. The Bertz CT molecular complexity index is 359. The normalized spacial score (nSPS) is 11.9. The Morgan fingerprint density at radius 2 is 1.94 bits per heavy atom. The first-order valence-corrected chi connectivity index (χ1v) is 6.66. The standard InChI is InChI=1S/C15H23NO2/c1-4-6-7-13(5-2)16-14-10-8-12(9-11-14)15(17)18-3/h8-11,13,16H,4-7H2,1-3H3. The van der Waals surface area contributed by atoms with Crippen LogP contribution in [0.15, 0.2) is 24.3 Å². The van der Waals surface area contributed by atoms with E-state index in [1.807, 2.05) is 12.1 Å². The Hall–Kier alpha value is -1.51. The molecule has 0 spiro atoms. The van der Waals surface area contributed by atoms with E-state index in [1.165, 1.54) is 26.4 Å². The summed E-state index contributed by atoms with van der Waals surface area (Å²) in [5, 5.41) is 3.50. The van der Waals surface area contributed by atoms with Crippen molar-refractivity contribution < 1.29 is 9.53 Å². The molecule has 1 aromatic rings. The van der Waals surface area contributed by atoms with Gasteiger partial charge in [0.05, 0.1) is 12.7 Å². The molecule has 0 saturated heterocycles. The molecule has 0 heterocycles. The maximum Gasteiger partial charge on any atom is 0.337 e. The summed E-state index contributed by atoms with van der Waals surface area (Å²) in [6, 6.07) is 7.96. The van der Waals surface area contributed by atoms with Crippen molar-refractivity contribution in [3.8, 4) is 0 Å². The van der Waals surface area contributed by atoms with Crippen molar-refractivity contribution >= 4 is 11.7 Å². The van der Waals surface area contributed by atoms with Gasteiger partial charge in [0.2, 0.25) is 0 Å². The third kappa shape index (κ3) is 4.40. The van der Waals surface area contributed by atoms with Crippen molar-refractivity contribution in [1.29, 1.82) is 0 Å². The second-order valence-corrected chi connectivity index (χ2v) is 4.46. The highest BCUT2D eigenvalue weighted by Crippen LogP contribution is 2.15. The second kappa shape index (κ2) is 7.75. The van der Waals surface area contributed by atoms with Crippen molar-refractivity contribution in [3.05, 3.63) is 29.8 Å². The number of ether oxygens (including phenoxy) is 1. The number of benzene rings is 1. The number of nitrogens with one attached hydrogen (secondary N) is 1. The van der Waals surface area contributed by atoms with Gasteiger partial charge in [0.25, 0.3) is 0 Å². The highest BCUT2D eigenvalue weighted by molar-refractivity contribution is 5.89. The van der Waals surface area contributed by atoms with Crippen molar-refractivity contribution in [1.82, 2.24) is 0 Å². The van der Waals surface area contributed by atoms with Crippen molar-refractivity contribution in [3.63, 3.8) is 0 Å². The van der Waals surface area contributed by atoms with Gasteiger partial charge in [0.15, 0.2) is 0 Å². The van der Waals surface area contributed by atoms with Crippen LogP contribution in [0.25, 0.3) is 0 Å². The van der Waals surface area contributed by atoms with Crippen molar-refractivity contribution in [2.24, 2.45) is 0 Å². The minimum absolute atomic E-state index is 0.292. The first-order valence-electron chi connectivity index (χ1n) is 6.66. The van der Waals surface area contributed by atoms with Crippen LogP contribution in [0.1, 0.15) is 49.9 Å². The van der Waals surface area contributed by atoms with E-state index in [2.05, 4.69) is 23.9 Å². The fraction of sp³-hybridized carbons (Fsp3) is 0.533. The number of carbonyl (C=O) groups excluding carboxylic acids is 1. The summed E-state index contributed by atoms with van der Waals surface area (Å²) in [6.07, 6.45) is 4.76. The number of rotatable bonds is 7. The third-order valence-electron chi connectivity index (χ3n) is 3.08. The zero-order valence-electron chi connectivity index (χ0n) is 11.5. The Labute approximate surface area is 110 Å². The smallest absolute Gasteiger partial charge is 0.337 e. The van der Waals surface area contributed by atoms with E-state index in [4.69, 9.17) is 0 Å². The predicted octanol–water partition coefficient (Wildman–Crippen LogP) is 3.85. The number of anilines is 1. The van der Waals surface area contributed by atoms with Gasteiger partial charge in [-0.2, -0.15) is 0 Å². The molecule has 0 bridgehead atoms. The van der Waals surface area contributed by atoms with Crippen LogP contribution in [-0.2, 0) is 4.74 Å². The van der Waals surface area contributed by atoms with Crippen LogP contribution in [0, 0.1) is 0 Å². The summed E-state index contributed by atoms with van der Waals surface area (Å²) in [5.41, 5.74) is 1.65. The van der Waals surface area contributed by atoms with Crippen molar-refractivity contribution in [2.45, 2.75) is 45.6 Å². The Balaban J connectivity index is 2.59. The third-order valence-corrected chi connectivity index (χ3v) is 3.08. The molecule has 18 heavy (non-hydrogen) atoms. The summed E-state index contributed by atoms with van der Waals surface area (Å²) in [7, 11) is 1.40. The fourth-order valence-corrected chi connectivity index (χ4v) is 1.88. The number of carbonyl (C=O) groups is 1. The van der Waals surface area contributed by atoms with Crippen LogP contribution in [0.4, 0.5) is 5.69 Å². The van der Waals surface area contributed by atoms with E-state index < -0.39 is 0 Å². The molecule has 0 aromatic heterocycles. The van der Waals surface area contributed by atoms with Crippen LogP contribution >= 0.6 is 0 Å². The molecular formula is C15H23NO2. The Morgan fingerprint density at radius 1 is 1.28 bits per heavy atom. The van der Waals surface area contributed by atoms with E-state index in [-0.39, 0.29) is 5.97 Å². The predicted molar refractivity (Wildman–Crippen MR) is 75.0 cm³/mol. The molecule has 0 aliphatic heterocycles. The van der Waals surface area contributed by atoms with Gasteiger partial charge in [-0.15, -0.1) is 0 Å². The minimum atomic E-state index is -0.292. The molecule has 0 amide bonds. The lowest BCUT2D eigenvalue weighted by Crippen LogP contribution is -2.18. The molecule has 0 aliphatic carbocycles. The lowest BCUT2D eigenvalue weighted by molar-refractivity contribution is 0.0601. The molecule has 0 saturated carbocycles. The van der Waals surface area contributed by atoms with Gasteiger partial charge in [0.1, 0.15) is 0 Å². The van der Waals surface area contributed by atoms with Gasteiger partial charge in [-0.05, 0) is 37.1 Å². The van der Waals surface area contributed by atoms with E-state index in [1.54, 1.807) is 12.1 Å². The van der Waals surface area contributed by atoms with E-state index in [0.29, 0.717) is 11.6 Å². The van der Waals surface area contributed by atoms with Crippen LogP contribution in [-0.4, -0.2) is 19.1 Å². The van der Waals surface area contributed by atoms with Crippen molar-refractivity contribution in [2.75, 3.05) is 12.4 Å². The van der Waals surface area contributed by atoms with Crippen LogP contribution < -0.4 is 5.32 Å². The molecule has 0 fully saturated rings. The van der Waals surface area contributed by atoms with Gasteiger partial charge in [-0.3, -0.25) is 0 Å². The van der Waals surface area contributed by atoms with Crippen LogP contribution in [0.5, 0.6) is 0 Å². The highest BCUT2D eigenvalue weighted by atomic mass is 16.5. The number of hydrogen-bond donors (Lipinski definition) is 1. The molecule has 100 valence electrons. The number of unbranched alkanes of at least 4 members (excludes halogenated alkanes) is 1. The summed E-state index contributed by atoms with van der Waals surface area (Å²) in [6.45, 7) is 4.40. The fourth-order valence-electron chi connectivity index (χ4n) is 1.88. The Morgan fingerprint density at radius 3 is 2.44 bits per heavy atom. The summed E-state index contributed by atoms with van der Waals surface area (Å²) in [4.78, 5) is 11.3. The number of methoxy groups -OCH3 is 1. The zero-order valence-corrected chi connectivity index (χ0v) is 11.5. The molecule has 1 aromatic carbocycles. The summed E-state index contributed by atoms with van der Waals surface area (Å²) >= 11 is 0. The van der Waals surface area contributed by atoms with Gasteiger partial charge in [-0.25, -0.2) is 4.79 Å². The highest BCUT2D eigenvalue weighted by Gasteiger charge is 2.07. The molecule has 0 aliphatic rings. The van der Waals surface area contributed by atoms with Gasteiger partial charge >= 0.3 is 5.97 Å². The lowest BCUT2D eigenvalue weighted by atomic mass is 10.1. The largest absolute Gasteiger partial charge is 0.465 e. The van der Waals surface area contributed by atoms with Gasteiger partial charge in [-0.1, -0.05) is 26.7 Å². The number of hydrogen-bond acceptors (Lipinski definition) is 3. The Kier molecular flexibility index (Phi) is 6.26. The molecule has 1 rings (SSSR count). The second-order valence-electron chi connectivity index (χ2n) is 4.46. The van der Waals surface area contributed by atoms with Crippen LogP contribution in [0.3, 0.4) is 0 Å². The van der Waals surface area contributed by atoms with Gasteiger partial charge < -0.3 is 10.1 Å². The van der Waals surface area contributed by atoms with E-state index in [9.17, 15) is 4.79 Å². The maximum absolute atomic E-state index is 11.3. The first-order chi connectivity index (χ1) is 8.71. The quantitative estimate of drug-likeness (QED) is 0.746. The van der Waals surface area contributed by atoms with Gasteiger partial charge in [0, 0.05) is 11.7 Å². The SMILES string of the molecule is CCCCC(CC)Nc1ccc(C(=O)OC)cc1. The van der Waals surface area contributed by atoms with Crippen LogP contribution in [0.2, 0.25) is 0 Å². The molecule has 0 radical (unpaired) electrons. The maximum atomic E-state index is 11.3. The number of esters is 1. The minimum Gasteiger partial charge on any atom is -0.465 e. The monoisotopic (exact) mass is 249 g/mol. The molecule has 3 heteroatoms. The average molecular weight is 249 g/mol. The van der Waals surface area contributed by atoms with E-state index >= 15 is 0 Å². The van der Waals surface area contributed by atoms with E-state index in [0.717, 1.165) is 12.1 Å². The molecular weight excluding hydrogens is 226 g/mol. The molecule has 3 nitrogen and oxygen atoms in total. The molecule has 1 unspecified atom stereocenters. The summed E-state index contributed by atoms with van der Waals surface area (Å²) in [5.74, 6) is -0.292.